The molecular formula is C16H15ClN6. The molecule has 3 heterocycles. The van der Waals surface area contributed by atoms with E-state index in [0.29, 0.717) is 16.5 Å². The molecule has 6 nitrogen and oxygen atoms in total. The van der Waals surface area contributed by atoms with Crippen LogP contribution in [0, 0.1) is 0 Å². The minimum absolute atomic E-state index is 0.640. The van der Waals surface area contributed by atoms with Gasteiger partial charge in [-0.3, -0.25) is 5.10 Å². The maximum atomic E-state index is 6.08. The van der Waals surface area contributed by atoms with Crippen molar-refractivity contribution in [3.8, 4) is 11.4 Å². The van der Waals surface area contributed by atoms with E-state index in [1.807, 2.05) is 28.8 Å². The highest BCUT2D eigenvalue weighted by Crippen LogP contribution is 2.23. The molecule has 1 aromatic carbocycles. The lowest BCUT2D eigenvalue weighted by molar-refractivity contribution is 0.718. The number of hydrogen-bond acceptors (Lipinski definition) is 4. The van der Waals surface area contributed by atoms with Gasteiger partial charge >= 0.3 is 0 Å². The number of aromatic nitrogens is 6. The summed E-state index contributed by atoms with van der Waals surface area (Å²) < 4.78 is 1.82. The predicted molar refractivity (Wildman–Crippen MR) is 89.5 cm³/mol. The van der Waals surface area contributed by atoms with Gasteiger partial charge in [0.05, 0.1) is 5.39 Å². The number of halogens is 1. The van der Waals surface area contributed by atoms with Crippen LogP contribution in [-0.4, -0.2) is 29.8 Å². The Morgan fingerprint density at radius 1 is 1.26 bits per heavy atom. The van der Waals surface area contributed by atoms with E-state index >= 15 is 0 Å². The van der Waals surface area contributed by atoms with Crippen molar-refractivity contribution in [2.75, 3.05) is 0 Å². The Kier molecular flexibility index (Phi) is 3.46. The van der Waals surface area contributed by atoms with E-state index in [-0.39, 0.29) is 0 Å². The number of fused-ring (bicyclic) bond motifs is 3. The molecule has 0 radical (unpaired) electrons. The molecule has 0 spiro atoms. The quantitative estimate of drug-likeness (QED) is 0.621. The van der Waals surface area contributed by atoms with Crippen LogP contribution in [0.5, 0.6) is 0 Å². The number of unbranched alkanes of at least 4 members (excludes halogenated alkanes) is 1. The summed E-state index contributed by atoms with van der Waals surface area (Å²) in [5.41, 5.74) is 2.33. The van der Waals surface area contributed by atoms with Crippen LogP contribution in [0.2, 0.25) is 5.02 Å². The molecule has 1 N–H and O–H groups in total. The molecule has 0 saturated heterocycles. The fraction of sp³-hybridized carbons (Fsp3) is 0.250. The molecule has 7 heteroatoms. The van der Waals surface area contributed by atoms with Crippen molar-refractivity contribution in [3.05, 3.63) is 41.3 Å². The standard InChI is InChI=1S/C16H15ClN6/c1-2-3-7-13-19-15-12(9-18-21-15)16-20-14(22-23(13)16)10-5-4-6-11(17)8-10/h4-6,8-9H,2-3,7H2,1H3,(H,18,21). The Morgan fingerprint density at radius 3 is 3.00 bits per heavy atom. The van der Waals surface area contributed by atoms with Gasteiger partial charge in [0, 0.05) is 23.2 Å². The van der Waals surface area contributed by atoms with Crippen molar-refractivity contribution in [1.29, 1.82) is 0 Å². The zero-order valence-electron chi connectivity index (χ0n) is 12.6. The molecule has 0 amide bonds. The second-order valence-electron chi connectivity index (χ2n) is 5.44. The summed E-state index contributed by atoms with van der Waals surface area (Å²) >= 11 is 6.08. The number of rotatable bonds is 4. The Balaban J connectivity index is 1.95. The molecule has 23 heavy (non-hydrogen) atoms. The molecule has 0 fully saturated rings. The van der Waals surface area contributed by atoms with E-state index in [1.165, 1.54) is 0 Å². The third-order valence-electron chi connectivity index (χ3n) is 3.78. The number of benzene rings is 1. The van der Waals surface area contributed by atoms with E-state index in [4.69, 9.17) is 11.6 Å². The number of H-pyrrole nitrogens is 1. The fourth-order valence-electron chi connectivity index (χ4n) is 2.62. The molecular weight excluding hydrogens is 312 g/mol. The maximum Gasteiger partial charge on any atom is 0.186 e. The van der Waals surface area contributed by atoms with Crippen molar-refractivity contribution in [1.82, 2.24) is 29.8 Å². The highest BCUT2D eigenvalue weighted by molar-refractivity contribution is 6.30. The molecule has 0 saturated carbocycles. The van der Waals surface area contributed by atoms with Gasteiger partial charge in [-0.1, -0.05) is 37.1 Å². The smallest absolute Gasteiger partial charge is 0.186 e. The summed E-state index contributed by atoms with van der Waals surface area (Å²) in [6.45, 7) is 2.16. The van der Waals surface area contributed by atoms with Crippen molar-refractivity contribution < 1.29 is 0 Å². The fourth-order valence-corrected chi connectivity index (χ4v) is 2.81. The third kappa shape index (κ3) is 2.45. The van der Waals surface area contributed by atoms with Crippen LogP contribution in [0.25, 0.3) is 28.1 Å². The van der Waals surface area contributed by atoms with E-state index in [1.54, 1.807) is 6.20 Å². The summed E-state index contributed by atoms with van der Waals surface area (Å²) in [5.74, 6) is 1.52. The lowest BCUT2D eigenvalue weighted by Gasteiger charge is -2.02. The van der Waals surface area contributed by atoms with E-state index in [2.05, 4.69) is 32.2 Å². The Bertz CT molecular complexity index is 987. The largest absolute Gasteiger partial charge is 0.283 e. The minimum atomic E-state index is 0.640. The molecule has 4 rings (SSSR count). The molecule has 0 atom stereocenters. The van der Waals surface area contributed by atoms with E-state index < -0.39 is 0 Å². The average molecular weight is 327 g/mol. The summed E-state index contributed by atoms with van der Waals surface area (Å²) in [5, 5.41) is 13.2. The van der Waals surface area contributed by atoms with Crippen molar-refractivity contribution in [2.45, 2.75) is 26.2 Å². The monoisotopic (exact) mass is 326 g/mol. The first-order valence-corrected chi connectivity index (χ1v) is 7.99. The summed E-state index contributed by atoms with van der Waals surface area (Å²) in [7, 11) is 0. The topological polar surface area (TPSA) is 71.8 Å². The van der Waals surface area contributed by atoms with Crippen LogP contribution in [0.1, 0.15) is 25.6 Å². The SMILES string of the molecule is CCCCc1nc2n[nH]cc2c2nc(-c3cccc(Cl)c3)nn12. The van der Waals surface area contributed by atoms with Crippen molar-refractivity contribution >= 4 is 28.3 Å². The van der Waals surface area contributed by atoms with Crippen LogP contribution >= 0.6 is 11.6 Å². The van der Waals surface area contributed by atoms with Crippen LogP contribution in [0.4, 0.5) is 0 Å². The summed E-state index contributed by atoms with van der Waals surface area (Å²) in [6, 6.07) is 7.55. The third-order valence-corrected chi connectivity index (χ3v) is 4.02. The van der Waals surface area contributed by atoms with Gasteiger partial charge < -0.3 is 0 Å². The van der Waals surface area contributed by atoms with Gasteiger partial charge in [0.15, 0.2) is 17.1 Å². The number of nitrogens with zero attached hydrogens (tertiary/aromatic N) is 5. The summed E-state index contributed by atoms with van der Waals surface area (Å²) in [4.78, 5) is 9.30. The van der Waals surface area contributed by atoms with Crippen LogP contribution in [-0.2, 0) is 6.42 Å². The van der Waals surface area contributed by atoms with Crippen molar-refractivity contribution in [2.24, 2.45) is 0 Å². The molecule has 0 bridgehead atoms. The molecule has 0 unspecified atom stereocenters. The zero-order valence-corrected chi connectivity index (χ0v) is 13.4. The van der Waals surface area contributed by atoms with Crippen molar-refractivity contribution in [3.63, 3.8) is 0 Å². The van der Waals surface area contributed by atoms with E-state index in [0.717, 1.165) is 41.7 Å². The zero-order chi connectivity index (χ0) is 15.8. The second-order valence-corrected chi connectivity index (χ2v) is 5.87. The highest BCUT2D eigenvalue weighted by Gasteiger charge is 2.15. The first-order valence-electron chi connectivity index (χ1n) is 7.61. The van der Waals surface area contributed by atoms with Gasteiger partial charge in [-0.2, -0.15) is 9.61 Å². The average Bonchev–Trinajstić information content (AvgIpc) is 3.18. The maximum absolute atomic E-state index is 6.08. The second kappa shape index (κ2) is 5.62. The van der Waals surface area contributed by atoms with Crippen LogP contribution < -0.4 is 0 Å². The number of aryl methyl sites for hydroxylation is 1. The van der Waals surface area contributed by atoms with E-state index in [9.17, 15) is 0 Å². The number of nitrogens with one attached hydrogen (secondary N) is 1. The highest BCUT2D eigenvalue weighted by atomic mass is 35.5. The van der Waals surface area contributed by atoms with Gasteiger partial charge in [-0.15, -0.1) is 5.10 Å². The van der Waals surface area contributed by atoms with Gasteiger partial charge in [0.25, 0.3) is 0 Å². The molecule has 0 aliphatic rings. The lowest BCUT2D eigenvalue weighted by Crippen LogP contribution is -2.03. The first-order chi connectivity index (χ1) is 11.3. The van der Waals surface area contributed by atoms with Gasteiger partial charge in [0.1, 0.15) is 5.82 Å². The Hall–Kier alpha value is -2.47. The number of aromatic amines is 1. The van der Waals surface area contributed by atoms with Gasteiger partial charge in [-0.05, 0) is 18.6 Å². The van der Waals surface area contributed by atoms with Gasteiger partial charge in [-0.25, -0.2) is 9.97 Å². The van der Waals surface area contributed by atoms with Gasteiger partial charge in [0.2, 0.25) is 0 Å². The first kappa shape index (κ1) is 14.1. The molecule has 3 aromatic heterocycles. The predicted octanol–water partition coefficient (Wildman–Crippen LogP) is 3.66. The Labute approximate surface area is 137 Å². The lowest BCUT2D eigenvalue weighted by atomic mass is 10.2. The molecule has 4 aromatic rings. The number of hydrogen-bond donors (Lipinski definition) is 1. The molecule has 0 aliphatic heterocycles. The van der Waals surface area contributed by atoms with Crippen LogP contribution in [0.3, 0.4) is 0 Å². The molecule has 0 aliphatic carbocycles. The summed E-state index contributed by atoms with van der Waals surface area (Å²) in [6.07, 6.45) is 4.79. The molecule has 116 valence electrons. The minimum Gasteiger partial charge on any atom is -0.283 e. The normalized spacial score (nSPS) is 11.6. The Morgan fingerprint density at radius 2 is 2.17 bits per heavy atom. The van der Waals surface area contributed by atoms with Crippen LogP contribution in [0.15, 0.2) is 30.5 Å².